The van der Waals surface area contributed by atoms with E-state index in [4.69, 9.17) is 0 Å². The molecule has 0 unspecified atom stereocenters. The number of nitrogens with zero attached hydrogens (tertiary/aromatic N) is 1. The Morgan fingerprint density at radius 2 is 1.62 bits per heavy atom. The summed E-state index contributed by atoms with van der Waals surface area (Å²) in [4.78, 5) is 4.59. The molecule has 1 heterocycles. The van der Waals surface area contributed by atoms with Gasteiger partial charge < -0.3 is 4.98 Å². The largest absolute Gasteiger partial charge is 0.304 e. The first-order chi connectivity index (χ1) is 11.3. The number of hydrogen-bond acceptors (Lipinski definition) is 1. The second-order valence-corrected chi connectivity index (χ2v) is 5.74. The summed E-state index contributed by atoms with van der Waals surface area (Å²) in [5.74, 6) is 0. The van der Waals surface area contributed by atoms with Crippen molar-refractivity contribution >= 4 is 10.8 Å². The van der Waals surface area contributed by atoms with Crippen molar-refractivity contribution in [1.29, 1.82) is 0 Å². The van der Waals surface area contributed by atoms with Crippen molar-refractivity contribution in [1.82, 2.24) is 4.98 Å². The maximum absolute atomic E-state index is 4.59. The van der Waals surface area contributed by atoms with Gasteiger partial charge in [-0.25, -0.2) is 0 Å². The molecule has 1 nitrogen and oxygen atoms in total. The number of hydrogen-bond donors (Lipinski definition) is 0. The van der Waals surface area contributed by atoms with Crippen molar-refractivity contribution in [2.24, 2.45) is 0 Å². The third kappa shape index (κ3) is 3.17. The summed E-state index contributed by atoms with van der Waals surface area (Å²) in [6.07, 6.45) is 1.87. The van der Waals surface area contributed by atoms with Crippen LogP contribution < -0.4 is 0 Å². The van der Waals surface area contributed by atoms with Gasteiger partial charge >= 0.3 is 0 Å². The Morgan fingerprint density at radius 3 is 2.46 bits per heavy atom. The Bertz CT molecular complexity index is 969. The molecule has 1 aromatic heterocycles. The van der Waals surface area contributed by atoms with Crippen molar-refractivity contribution < 1.29 is 20.1 Å². The molecule has 3 aromatic carbocycles. The fraction of sp³-hybridized carbons (Fsp3) is 0.0455. The van der Waals surface area contributed by atoms with Crippen LogP contribution in [0.5, 0.6) is 0 Å². The van der Waals surface area contributed by atoms with Crippen LogP contribution >= 0.6 is 0 Å². The molecule has 4 rings (SSSR count). The number of aromatic nitrogens is 1. The van der Waals surface area contributed by atoms with Crippen molar-refractivity contribution in [3.8, 4) is 22.4 Å². The van der Waals surface area contributed by atoms with E-state index in [1.807, 2.05) is 18.3 Å². The first-order valence-corrected chi connectivity index (χ1v) is 7.74. The molecule has 0 aliphatic heterocycles. The number of fused-ring (bicyclic) bond motifs is 1. The predicted octanol–water partition coefficient (Wildman–Crippen LogP) is 5.67. The van der Waals surface area contributed by atoms with Crippen molar-refractivity contribution in [3.05, 3.63) is 90.6 Å². The van der Waals surface area contributed by atoms with E-state index < -0.39 is 0 Å². The second-order valence-electron chi connectivity index (χ2n) is 5.74. The van der Waals surface area contributed by atoms with Gasteiger partial charge in [-0.1, -0.05) is 54.1 Å². The molecule has 0 N–H and O–H groups in total. The zero-order valence-corrected chi connectivity index (χ0v) is 15.7. The molecule has 0 aliphatic carbocycles. The molecule has 0 fully saturated rings. The fourth-order valence-electron chi connectivity index (χ4n) is 2.86. The Labute approximate surface area is 155 Å². The summed E-state index contributed by atoms with van der Waals surface area (Å²) in [6.45, 7) is 2.11. The zero-order chi connectivity index (χ0) is 15.6. The number of pyridine rings is 1. The van der Waals surface area contributed by atoms with Gasteiger partial charge in [-0.05, 0) is 35.0 Å². The fourth-order valence-corrected chi connectivity index (χ4v) is 2.86. The molecular weight excluding hydrogens is 470 g/mol. The quantitative estimate of drug-likeness (QED) is 0.333. The Hall–Kier alpha value is -2.28. The van der Waals surface area contributed by atoms with E-state index in [0.29, 0.717) is 0 Å². The molecule has 24 heavy (non-hydrogen) atoms. The van der Waals surface area contributed by atoms with Crippen LogP contribution in [-0.4, -0.2) is 4.98 Å². The second kappa shape index (κ2) is 7.09. The summed E-state index contributed by atoms with van der Waals surface area (Å²) >= 11 is 0. The zero-order valence-electron chi connectivity index (χ0n) is 13.3. The number of aryl methyl sites for hydroxylation is 1. The molecule has 0 bridgehead atoms. The van der Waals surface area contributed by atoms with Crippen LogP contribution in [0, 0.1) is 13.0 Å². The molecule has 4 aromatic rings. The maximum atomic E-state index is 4.59. The minimum absolute atomic E-state index is 0. The van der Waals surface area contributed by atoms with Crippen LogP contribution in [0.3, 0.4) is 0 Å². The van der Waals surface area contributed by atoms with E-state index in [1.165, 1.54) is 22.1 Å². The standard InChI is InChI=1S/C22H16N.Ir/c1-16-9-11-17(12-10-16)19-6-4-7-20(15-19)22-21-8-3-2-5-18(21)13-14-23-22;/h2-6,8-15H,1H3;/q-1;. The topological polar surface area (TPSA) is 12.9 Å². The predicted molar refractivity (Wildman–Crippen MR) is 96.2 cm³/mol. The van der Waals surface area contributed by atoms with Gasteiger partial charge in [0.1, 0.15) is 0 Å². The minimum Gasteiger partial charge on any atom is -0.304 e. The molecule has 0 spiro atoms. The SMILES string of the molecule is Cc1ccc(-c2cc[c-]c(-c3nccc4ccccc34)c2)cc1.[Ir]. The monoisotopic (exact) mass is 487 g/mol. The molecule has 119 valence electrons. The maximum Gasteiger partial charge on any atom is 0.0167 e. The Balaban J connectivity index is 0.00000169. The summed E-state index contributed by atoms with van der Waals surface area (Å²) in [5.41, 5.74) is 5.68. The molecular formula is C22H16IrN-. The van der Waals surface area contributed by atoms with Gasteiger partial charge in [0.2, 0.25) is 0 Å². The molecule has 1 radical (unpaired) electrons. The van der Waals surface area contributed by atoms with E-state index in [2.05, 4.69) is 78.6 Å². The van der Waals surface area contributed by atoms with E-state index in [-0.39, 0.29) is 20.1 Å². The van der Waals surface area contributed by atoms with Gasteiger partial charge in [0.05, 0.1) is 0 Å². The van der Waals surface area contributed by atoms with Gasteiger partial charge in [0.15, 0.2) is 0 Å². The average molecular weight is 487 g/mol. The first-order valence-electron chi connectivity index (χ1n) is 7.74. The third-order valence-corrected chi connectivity index (χ3v) is 4.12. The van der Waals surface area contributed by atoms with Crippen LogP contribution in [0.4, 0.5) is 0 Å². The normalized spacial score (nSPS) is 10.4. The van der Waals surface area contributed by atoms with Crippen molar-refractivity contribution in [2.45, 2.75) is 6.92 Å². The van der Waals surface area contributed by atoms with Crippen LogP contribution in [0.25, 0.3) is 33.2 Å². The summed E-state index contributed by atoms with van der Waals surface area (Å²) in [7, 11) is 0. The van der Waals surface area contributed by atoms with Crippen LogP contribution in [0.2, 0.25) is 0 Å². The van der Waals surface area contributed by atoms with Gasteiger partial charge in [-0.2, -0.15) is 0 Å². The van der Waals surface area contributed by atoms with Crippen LogP contribution in [-0.2, 0) is 20.1 Å². The number of rotatable bonds is 2. The van der Waals surface area contributed by atoms with E-state index in [0.717, 1.165) is 16.6 Å². The van der Waals surface area contributed by atoms with Gasteiger partial charge in [0, 0.05) is 26.3 Å². The van der Waals surface area contributed by atoms with E-state index >= 15 is 0 Å². The van der Waals surface area contributed by atoms with Crippen LogP contribution in [0.1, 0.15) is 5.56 Å². The molecule has 0 saturated heterocycles. The van der Waals surface area contributed by atoms with Crippen molar-refractivity contribution in [2.75, 3.05) is 0 Å². The Morgan fingerprint density at radius 1 is 0.833 bits per heavy atom. The summed E-state index contributed by atoms with van der Waals surface area (Å²) < 4.78 is 0. The van der Waals surface area contributed by atoms with Gasteiger partial charge in [-0.3, -0.25) is 0 Å². The smallest absolute Gasteiger partial charge is 0.0167 e. The molecule has 0 atom stereocenters. The molecule has 0 aliphatic rings. The molecule has 2 heteroatoms. The molecule has 0 saturated carbocycles. The van der Waals surface area contributed by atoms with E-state index in [1.54, 1.807) is 0 Å². The van der Waals surface area contributed by atoms with Gasteiger partial charge in [-0.15, -0.1) is 35.4 Å². The van der Waals surface area contributed by atoms with Gasteiger partial charge in [0.25, 0.3) is 0 Å². The Kier molecular flexibility index (Phi) is 4.89. The first kappa shape index (κ1) is 16.6. The van der Waals surface area contributed by atoms with E-state index in [9.17, 15) is 0 Å². The molecule has 0 amide bonds. The average Bonchev–Trinajstić information content (AvgIpc) is 2.62. The van der Waals surface area contributed by atoms with Crippen LogP contribution in [0.15, 0.2) is 79.0 Å². The minimum atomic E-state index is 0. The van der Waals surface area contributed by atoms with Crippen molar-refractivity contribution in [3.63, 3.8) is 0 Å². The summed E-state index contributed by atoms with van der Waals surface area (Å²) in [5, 5.41) is 2.36. The number of benzene rings is 3. The summed E-state index contributed by atoms with van der Waals surface area (Å²) in [6, 6.07) is 28.6. The third-order valence-electron chi connectivity index (χ3n) is 4.12.